The lowest BCUT2D eigenvalue weighted by atomic mass is 10.2. The first-order valence-corrected chi connectivity index (χ1v) is 10.3. The number of carbonyl (C=O) groups excluding carboxylic acids is 1. The molecule has 0 aliphatic heterocycles. The van der Waals surface area contributed by atoms with Crippen LogP contribution in [0.1, 0.15) is 10.4 Å². The van der Waals surface area contributed by atoms with Crippen molar-refractivity contribution in [3.8, 4) is 11.4 Å². The van der Waals surface area contributed by atoms with Crippen LogP contribution in [0.2, 0.25) is 5.02 Å². The Bertz CT molecular complexity index is 922. The summed E-state index contributed by atoms with van der Waals surface area (Å²) in [5.41, 5.74) is 2.05. The van der Waals surface area contributed by atoms with E-state index in [1.54, 1.807) is 16.2 Å². The Morgan fingerprint density at radius 3 is 2.77 bits per heavy atom. The van der Waals surface area contributed by atoms with Crippen LogP contribution in [0.25, 0.3) is 11.4 Å². The molecule has 0 saturated heterocycles. The highest BCUT2D eigenvalue weighted by Crippen LogP contribution is 2.28. The lowest BCUT2D eigenvalue weighted by Gasteiger charge is -2.16. The normalized spacial score (nSPS) is 10.9. The third-order valence-corrected chi connectivity index (χ3v) is 6.39. The minimum atomic E-state index is 0.0603. The van der Waals surface area contributed by atoms with Crippen LogP contribution in [0.4, 0.5) is 0 Å². The Morgan fingerprint density at radius 1 is 1.31 bits per heavy atom. The van der Waals surface area contributed by atoms with Crippen molar-refractivity contribution in [3.63, 3.8) is 0 Å². The molecule has 0 atom stereocenters. The first kappa shape index (κ1) is 18.9. The minimum Gasteiger partial charge on any atom is -0.340 e. The van der Waals surface area contributed by atoms with Crippen molar-refractivity contribution >= 4 is 40.6 Å². The summed E-state index contributed by atoms with van der Waals surface area (Å²) >= 11 is 9.30. The van der Waals surface area contributed by atoms with Crippen LogP contribution in [0.5, 0.6) is 0 Å². The second kappa shape index (κ2) is 8.24. The van der Waals surface area contributed by atoms with Crippen LogP contribution in [-0.2, 0) is 18.4 Å². The lowest BCUT2D eigenvalue weighted by Crippen LogP contribution is -2.27. The zero-order valence-electron chi connectivity index (χ0n) is 14.8. The molecule has 0 aliphatic rings. The highest BCUT2D eigenvalue weighted by molar-refractivity contribution is 7.99. The van der Waals surface area contributed by atoms with E-state index in [9.17, 15) is 4.79 Å². The Morgan fingerprint density at radius 2 is 2.08 bits per heavy atom. The summed E-state index contributed by atoms with van der Waals surface area (Å²) in [4.78, 5) is 15.4. The Kier molecular flexibility index (Phi) is 6.01. The molecular weight excluding hydrogens is 388 g/mol. The van der Waals surface area contributed by atoms with E-state index >= 15 is 0 Å². The molecule has 0 aliphatic carbocycles. The average molecular weight is 407 g/mol. The number of halogens is 1. The van der Waals surface area contributed by atoms with Crippen molar-refractivity contribution in [1.29, 1.82) is 0 Å². The predicted molar refractivity (Wildman–Crippen MR) is 108 cm³/mol. The van der Waals surface area contributed by atoms with Gasteiger partial charge in [0.2, 0.25) is 5.91 Å². The van der Waals surface area contributed by atoms with E-state index in [4.69, 9.17) is 11.6 Å². The van der Waals surface area contributed by atoms with Gasteiger partial charge in [-0.15, -0.1) is 21.5 Å². The van der Waals surface area contributed by atoms with Crippen LogP contribution in [0.15, 0.2) is 40.9 Å². The molecular formula is C18H19ClN4OS2. The van der Waals surface area contributed by atoms with Gasteiger partial charge in [-0.3, -0.25) is 4.79 Å². The molecule has 1 aromatic carbocycles. The molecule has 0 unspecified atom stereocenters. The van der Waals surface area contributed by atoms with Crippen molar-refractivity contribution in [1.82, 2.24) is 19.7 Å². The Hall–Kier alpha value is -1.83. The number of aromatic nitrogens is 3. The first-order valence-electron chi connectivity index (χ1n) is 8.01. The second-order valence-corrected chi connectivity index (χ2v) is 8.26. The van der Waals surface area contributed by atoms with E-state index < -0.39 is 0 Å². The summed E-state index contributed by atoms with van der Waals surface area (Å²) in [6, 6.07) is 9.59. The van der Waals surface area contributed by atoms with E-state index in [1.165, 1.54) is 22.2 Å². The van der Waals surface area contributed by atoms with E-state index in [-0.39, 0.29) is 5.91 Å². The van der Waals surface area contributed by atoms with Gasteiger partial charge >= 0.3 is 0 Å². The van der Waals surface area contributed by atoms with Crippen LogP contribution >= 0.6 is 34.7 Å². The fraction of sp³-hybridized carbons (Fsp3) is 0.278. The zero-order chi connectivity index (χ0) is 18.7. The number of amides is 1. The van der Waals surface area contributed by atoms with Crippen LogP contribution in [0.3, 0.4) is 0 Å². The number of nitrogens with zero attached hydrogens (tertiary/aromatic N) is 4. The third-order valence-electron chi connectivity index (χ3n) is 4.05. The largest absolute Gasteiger partial charge is 0.340 e. The van der Waals surface area contributed by atoms with Gasteiger partial charge in [0.25, 0.3) is 0 Å². The summed E-state index contributed by atoms with van der Waals surface area (Å²) in [5, 5.41) is 11.8. The fourth-order valence-corrected chi connectivity index (χ4v) is 4.45. The maximum atomic E-state index is 12.4. The number of carbonyl (C=O) groups is 1. The minimum absolute atomic E-state index is 0.0603. The zero-order valence-corrected chi connectivity index (χ0v) is 17.2. The van der Waals surface area contributed by atoms with Gasteiger partial charge in [-0.25, -0.2) is 0 Å². The summed E-state index contributed by atoms with van der Waals surface area (Å²) in [6.07, 6.45) is 0. The Labute approximate surface area is 166 Å². The number of thioether (sulfide) groups is 1. The molecule has 136 valence electrons. The van der Waals surface area contributed by atoms with Gasteiger partial charge in [-0.05, 0) is 36.1 Å². The van der Waals surface area contributed by atoms with Gasteiger partial charge in [0.1, 0.15) is 0 Å². The van der Waals surface area contributed by atoms with E-state index in [0.29, 0.717) is 28.3 Å². The topological polar surface area (TPSA) is 51.0 Å². The van der Waals surface area contributed by atoms with Crippen LogP contribution in [-0.4, -0.2) is 38.4 Å². The smallest absolute Gasteiger partial charge is 0.233 e. The second-order valence-electron chi connectivity index (χ2n) is 5.91. The third kappa shape index (κ3) is 4.11. The van der Waals surface area contributed by atoms with E-state index in [0.717, 1.165) is 5.56 Å². The standard InChI is InChI=1S/C18H19ClN4OS2/c1-12-8-9-25-15(12)10-22(2)16(24)11-26-18-21-20-17(23(18)3)13-6-4-5-7-14(13)19/h4-9H,10-11H2,1-3H3. The fourth-order valence-electron chi connectivity index (χ4n) is 2.42. The molecule has 2 aromatic heterocycles. The van der Waals surface area contributed by atoms with E-state index in [1.807, 2.05) is 48.3 Å². The monoisotopic (exact) mass is 406 g/mol. The summed E-state index contributed by atoms with van der Waals surface area (Å²) in [6.45, 7) is 2.70. The highest BCUT2D eigenvalue weighted by atomic mass is 35.5. The van der Waals surface area contributed by atoms with Gasteiger partial charge in [0.05, 0.1) is 17.3 Å². The van der Waals surface area contributed by atoms with Crippen molar-refractivity contribution in [3.05, 3.63) is 51.2 Å². The molecule has 0 N–H and O–H groups in total. The number of hydrogen-bond donors (Lipinski definition) is 0. The summed E-state index contributed by atoms with van der Waals surface area (Å²) in [7, 11) is 3.71. The van der Waals surface area contributed by atoms with E-state index in [2.05, 4.69) is 23.2 Å². The van der Waals surface area contributed by atoms with Gasteiger partial charge in [0, 0.05) is 24.5 Å². The van der Waals surface area contributed by atoms with Crippen molar-refractivity contribution < 1.29 is 4.79 Å². The number of benzene rings is 1. The molecule has 0 spiro atoms. The number of aryl methyl sites for hydroxylation is 1. The van der Waals surface area contributed by atoms with Gasteiger partial charge in [0.15, 0.2) is 11.0 Å². The number of rotatable bonds is 6. The van der Waals surface area contributed by atoms with Gasteiger partial charge < -0.3 is 9.47 Å². The molecule has 2 heterocycles. The molecule has 0 saturated carbocycles. The van der Waals surface area contributed by atoms with Crippen molar-refractivity contribution in [2.75, 3.05) is 12.8 Å². The van der Waals surface area contributed by atoms with Crippen molar-refractivity contribution in [2.45, 2.75) is 18.6 Å². The summed E-state index contributed by atoms with van der Waals surface area (Å²) < 4.78 is 1.86. The first-order chi connectivity index (χ1) is 12.5. The van der Waals surface area contributed by atoms with Crippen LogP contribution < -0.4 is 0 Å². The van der Waals surface area contributed by atoms with Gasteiger partial charge in [-0.2, -0.15) is 0 Å². The number of thiophene rings is 1. The molecule has 1 amide bonds. The SMILES string of the molecule is Cc1ccsc1CN(C)C(=O)CSc1nnc(-c2ccccc2Cl)n1C. The lowest BCUT2D eigenvalue weighted by molar-refractivity contribution is -0.127. The molecule has 0 bridgehead atoms. The van der Waals surface area contributed by atoms with Crippen molar-refractivity contribution in [2.24, 2.45) is 7.05 Å². The molecule has 3 aromatic rings. The molecule has 5 nitrogen and oxygen atoms in total. The summed E-state index contributed by atoms with van der Waals surface area (Å²) in [5.74, 6) is 1.06. The highest BCUT2D eigenvalue weighted by Gasteiger charge is 2.17. The maximum absolute atomic E-state index is 12.4. The average Bonchev–Trinajstić information content (AvgIpc) is 3.19. The molecule has 0 fully saturated rings. The molecule has 26 heavy (non-hydrogen) atoms. The quantitative estimate of drug-likeness (QED) is 0.574. The Balaban J connectivity index is 1.64. The van der Waals surface area contributed by atoms with Crippen LogP contribution in [0, 0.1) is 6.92 Å². The molecule has 0 radical (unpaired) electrons. The number of hydrogen-bond acceptors (Lipinski definition) is 5. The predicted octanol–water partition coefficient (Wildman–Crippen LogP) is 4.26. The molecule has 3 rings (SSSR count). The van der Waals surface area contributed by atoms with Gasteiger partial charge in [-0.1, -0.05) is 35.5 Å². The molecule has 8 heteroatoms. The maximum Gasteiger partial charge on any atom is 0.233 e.